The molecule has 0 radical (unpaired) electrons. The molecule has 6 saturated carbocycles. The van der Waals surface area contributed by atoms with E-state index in [9.17, 15) is 0 Å². The van der Waals surface area contributed by atoms with E-state index < -0.39 is 0 Å². The monoisotopic (exact) mass is 245 g/mol. The smallest absolute Gasteiger partial charge is 0.0275 e. The highest BCUT2D eigenvalue weighted by Crippen LogP contribution is 2.77. The largest absolute Gasteiger partial charge is 0.324 e. The summed E-state index contributed by atoms with van der Waals surface area (Å²) in [5.74, 6) is 3.20. The summed E-state index contributed by atoms with van der Waals surface area (Å²) in [5, 5.41) is 0. The second kappa shape index (κ2) is 3.00. The topological polar surface area (TPSA) is 26.0 Å². The maximum absolute atomic E-state index is 7.09. The minimum Gasteiger partial charge on any atom is -0.324 e. The summed E-state index contributed by atoms with van der Waals surface area (Å²) in [4.78, 5) is 0. The Morgan fingerprint density at radius 3 is 1.72 bits per heavy atom. The zero-order chi connectivity index (χ0) is 12.0. The normalized spacial score (nSPS) is 59.5. The highest BCUT2D eigenvalue weighted by atomic mass is 15.0. The van der Waals surface area contributed by atoms with Crippen molar-refractivity contribution in [1.29, 1.82) is 0 Å². The van der Waals surface area contributed by atoms with Crippen molar-refractivity contribution >= 4 is 0 Å². The van der Waals surface area contributed by atoms with Gasteiger partial charge in [0.15, 0.2) is 0 Å². The lowest BCUT2D eigenvalue weighted by Crippen LogP contribution is -2.58. The fourth-order valence-electron chi connectivity index (χ4n) is 7.57. The van der Waals surface area contributed by atoms with Gasteiger partial charge in [0.2, 0.25) is 0 Å². The van der Waals surface area contributed by atoms with Gasteiger partial charge in [-0.15, -0.1) is 0 Å². The quantitative estimate of drug-likeness (QED) is 0.746. The maximum Gasteiger partial charge on any atom is 0.0275 e. The minimum atomic E-state index is 0.284. The van der Waals surface area contributed by atoms with Crippen LogP contribution in [0.4, 0.5) is 0 Å². The molecule has 6 fully saturated rings. The average Bonchev–Trinajstić information content (AvgIpc) is 2.67. The van der Waals surface area contributed by atoms with E-state index >= 15 is 0 Å². The van der Waals surface area contributed by atoms with Crippen molar-refractivity contribution in [3.63, 3.8) is 0 Å². The molecule has 1 heteroatoms. The molecule has 0 amide bonds. The standard InChI is InChI=1S/C17H27N/c18-17(11-15(17)3-1-2-4-15)16-8-12-5-13(9-16)7-14(6-12)10-16/h12-14H,1-11,18H2. The Labute approximate surface area is 111 Å². The first kappa shape index (κ1) is 10.7. The molecule has 6 rings (SSSR count). The molecule has 1 unspecified atom stereocenters. The van der Waals surface area contributed by atoms with Crippen LogP contribution in [0.2, 0.25) is 0 Å². The first-order valence-corrected chi connectivity index (χ1v) is 8.44. The van der Waals surface area contributed by atoms with Crippen LogP contribution in [0.5, 0.6) is 0 Å². The molecular formula is C17H27N. The summed E-state index contributed by atoms with van der Waals surface area (Å²) in [6, 6.07) is 0. The Morgan fingerprint density at radius 2 is 1.22 bits per heavy atom. The van der Waals surface area contributed by atoms with Gasteiger partial charge in [0.05, 0.1) is 0 Å². The first-order valence-electron chi connectivity index (χ1n) is 8.44. The second-order valence-electron chi connectivity index (χ2n) is 8.83. The van der Waals surface area contributed by atoms with Crippen LogP contribution < -0.4 is 5.73 Å². The third-order valence-corrected chi connectivity index (χ3v) is 7.98. The van der Waals surface area contributed by atoms with Crippen molar-refractivity contribution in [2.75, 3.05) is 0 Å². The Hall–Kier alpha value is -0.0400. The van der Waals surface area contributed by atoms with Crippen molar-refractivity contribution < 1.29 is 0 Å². The van der Waals surface area contributed by atoms with Crippen molar-refractivity contribution in [1.82, 2.24) is 0 Å². The molecule has 6 aliphatic rings. The van der Waals surface area contributed by atoms with Gasteiger partial charge in [0.1, 0.15) is 0 Å². The molecule has 100 valence electrons. The summed E-state index contributed by atoms with van der Waals surface area (Å²) in [6.45, 7) is 0. The van der Waals surface area contributed by atoms with Gasteiger partial charge in [-0.3, -0.25) is 0 Å². The number of hydrogen-bond acceptors (Lipinski definition) is 1. The molecule has 6 aliphatic carbocycles. The van der Waals surface area contributed by atoms with Crippen LogP contribution in [0, 0.1) is 28.6 Å². The summed E-state index contributed by atoms with van der Waals surface area (Å²) in [6.07, 6.45) is 16.5. The van der Waals surface area contributed by atoms with Gasteiger partial charge in [-0.2, -0.15) is 0 Å². The van der Waals surface area contributed by atoms with Crippen LogP contribution in [0.15, 0.2) is 0 Å². The van der Waals surface area contributed by atoms with Gasteiger partial charge in [-0.05, 0) is 86.4 Å². The summed E-state index contributed by atoms with van der Waals surface area (Å²) < 4.78 is 0. The van der Waals surface area contributed by atoms with Crippen LogP contribution in [0.3, 0.4) is 0 Å². The van der Waals surface area contributed by atoms with Gasteiger partial charge in [-0.25, -0.2) is 0 Å². The number of hydrogen-bond donors (Lipinski definition) is 1. The van der Waals surface area contributed by atoms with Crippen molar-refractivity contribution in [3.05, 3.63) is 0 Å². The lowest BCUT2D eigenvalue weighted by molar-refractivity contribution is -0.0817. The highest BCUT2D eigenvalue weighted by molar-refractivity contribution is 5.30. The number of nitrogens with two attached hydrogens (primary N) is 1. The van der Waals surface area contributed by atoms with Crippen LogP contribution in [0.25, 0.3) is 0 Å². The molecule has 18 heavy (non-hydrogen) atoms. The molecule has 0 aromatic carbocycles. The Morgan fingerprint density at radius 1 is 0.722 bits per heavy atom. The minimum absolute atomic E-state index is 0.284. The van der Waals surface area contributed by atoms with E-state index in [1.165, 1.54) is 51.4 Å². The van der Waals surface area contributed by atoms with E-state index in [4.69, 9.17) is 5.73 Å². The molecule has 0 aromatic heterocycles. The van der Waals surface area contributed by atoms with E-state index in [2.05, 4.69) is 0 Å². The fourth-order valence-corrected chi connectivity index (χ4v) is 7.57. The summed E-state index contributed by atoms with van der Waals surface area (Å²) in [5.41, 5.74) is 8.60. The third kappa shape index (κ3) is 1.06. The zero-order valence-corrected chi connectivity index (χ0v) is 11.6. The van der Waals surface area contributed by atoms with Crippen molar-refractivity contribution in [2.24, 2.45) is 34.3 Å². The van der Waals surface area contributed by atoms with Crippen LogP contribution in [-0.4, -0.2) is 5.54 Å². The molecule has 2 N–H and O–H groups in total. The Bertz CT molecular complexity index is 357. The maximum atomic E-state index is 7.09. The number of rotatable bonds is 1. The molecule has 4 bridgehead atoms. The Kier molecular flexibility index (Phi) is 1.78. The van der Waals surface area contributed by atoms with Gasteiger partial charge in [0, 0.05) is 5.54 Å². The van der Waals surface area contributed by atoms with Crippen LogP contribution >= 0.6 is 0 Å². The summed E-state index contributed by atoms with van der Waals surface area (Å²) in [7, 11) is 0. The van der Waals surface area contributed by atoms with Gasteiger partial charge in [-0.1, -0.05) is 12.8 Å². The SMILES string of the molecule is NC1(C23CC4CC(CC(C4)C2)C3)CC12CCCC2. The van der Waals surface area contributed by atoms with Crippen molar-refractivity contribution in [3.8, 4) is 0 Å². The van der Waals surface area contributed by atoms with Gasteiger partial charge < -0.3 is 5.73 Å². The van der Waals surface area contributed by atoms with E-state index in [1.807, 2.05) is 0 Å². The molecule has 0 aromatic rings. The predicted molar refractivity (Wildman–Crippen MR) is 73.0 cm³/mol. The van der Waals surface area contributed by atoms with Crippen LogP contribution in [0.1, 0.15) is 70.6 Å². The van der Waals surface area contributed by atoms with Crippen molar-refractivity contribution in [2.45, 2.75) is 76.2 Å². The lowest BCUT2D eigenvalue weighted by atomic mass is 9.46. The van der Waals surface area contributed by atoms with Gasteiger partial charge >= 0.3 is 0 Å². The second-order valence-corrected chi connectivity index (χ2v) is 8.83. The highest BCUT2D eigenvalue weighted by Gasteiger charge is 2.75. The van der Waals surface area contributed by atoms with Crippen LogP contribution in [-0.2, 0) is 0 Å². The van der Waals surface area contributed by atoms with E-state index in [-0.39, 0.29) is 5.54 Å². The fraction of sp³-hybridized carbons (Fsp3) is 1.00. The van der Waals surface area contributed by atoms with E-state index in [1.54, 1.807) is 19.3 Å². The summed E-state index contributed by atoms with van der Waals surface area (Å²) >= 11 is 0. The zero-order valence-electron chi connectivity index (χ0n) is 11.6. The average molecular weight is 245 g/mol. The third-order valence-electron chi connectivity index (χ3n) is 7.98. The molecule has 1 nitrogen and oxygen atoms in total. The molecule has 0 heterocycles. The Balaban J connectivity index is 1.53. The lowest BCUT2D eigenvalue weighted by Gasteiger charge is -2.60. The van der Waals surface area contributed by atoms with E-state index in [0.29, 0.717) is 10.8 Å². The van der Waals surface area contributed by atoms with Gasteiger partial charge in [0.25, 0.3) is 0 Å². The molecular weight excluding hydrogens is 218 g/mol. The molecule has 0 aliphatic heterocycles. The molecule has 0 saturated heterocycles. The van der Waals surface area contributed by atoms with E-state index in [0.717, 1.165) is 17.8 Å². The molecule has 1 spiro atoms. The first-order chi connectivity index (χ1) is 8.65. The predicted octanol–water partition coefficient (Wildman–Crippen LogP) is 3.86. The molecule has 1 atom stereocenters.